The highest BCUT2D eigenvalue weighted by molar-refractivity contribution is 6.31. The maximum Gasteiger partial charge on any atom is 0.280 e. The first-order valence-corrected chi connectivity index (χ1v) is 11.7. The predicted molar refractivity (Wildman–Crippen MR) is 141 cm³/mol. The van der Waals surface area contributed by atoms with Gasteiger partial charge in [0.15, 0.2) is 0 Å². The fraction of sp³-hybridized carbons (Fsp3) is 0.111. The lowest BCUT2D eigenvalue weighted by molar-refractivity contribution is 0.100. The van der Waals surface area contributed by atoms with Crippen LogP contribution in [-0.2, 0) is 6.54 Å². The number of aromatic nitrogens is 2. The maximum absolute atomic E-state index is 13.1. The number of halogens is 2. The Bertz CT molecular complexity index is 1420. The number of aliphatic imine (C=N–C) groups is 1. The van der Waals surface area contributed by atoms with Crippen LogP contribution >= 0.6 is 23.2 Å². The molecule has 0 spiro atoms. The van der Waals surface area contributed by atoms with Gasteiger partial charge in [-0.1, -0.05) is 47.2 Å². The van der Waals surface area contributed by atoms with E-state index in [2.05, 4.69) is 32.5 Å². The number of carbonyl (C=O) groups is 1. The highest BCUT2D eigenvalue weighted by Gasteiger charge is 2.21. The number of imidazole rings is 1. The molecule has 1 aromatic heterocycles. The minimum atomic E-state index is -0.510. The van der Waals surface area contributed by atoms with Crippen molar-refractivity contribution in [2.75, 3.05) is 5.32 Å². The van der Waals surface area contributed by atoms with Gasteiger partial charge in [0, 0.05) is 46.3 Å². The van der Waals surface area contributed by atoms with E-state index in [9.17, 15) is 10.1 Å². The first-order chi connectivity index (χ1) is 17.5. The van der Waals surface area contributed by atoms with E-state index in [1.165, 1.54) is 6.07 Å². The smallest absolute Gasteiger partial charge is 0.280 e. The van der Waals surface area contributed by atoms with E-state index in [0.717, 1.165) is 0 Å². The summed E-state index contributed by atoms with van der Waals surface area (Å²) in [6, 6.07) is 15.1. The van der Waals surface area contributed by atoms with Crippen LogP contribution in [0.25, 0.3) is 0 Å². The number of allylic oxidation sites excluding steroid dienone is 3. The molecule has 0 fully saturated rings. The molecule has 1 unspecified atom stereocenters. The van der Waals surface area contributed by atoms with Crippen molar-refractivity contribution in [2.24, 2.45) is 10.9 Å². The lowest BCUT2D eigenvalue weighted by Gasteiger charge is -2.25. The zero-order valence-electron chi connectivity index (χ0n) is 18.9. The Labute approximate surface area is 218 Å². The summed E-state index contributed by atoms with van der Waals surface area (Å²) in [4.78, 5) is 21.5. The molecule has 9 heteroatoms. The summed E-state index contributed by atoms with van der Waals surface area (Å²) >= 11 is 12.2. The molecule has 2 aromatic carbocycles. The van der Waals surface area contributed by atoms with E-state index in [1.54, 1.807) is 67.1 Å². The lowest BCUT2D eigenvalue weighted by atomic mass is 10.00. The number of anilines is 1. The van der Waals surface area contributed by atoms with Gasteiger partial charge in [-0.05, 0) is 48.5 Å². The van der Waals surface area contributed by atoms with Crippen molar-refractivity contribution in [3.63, 3.8) is 0 Å². The van der Waals surface area contributed by atoms with Crippen LogP contribution < -0.4 is 10.6 Å². The largest absolute Gasteiger partial charge is 0.350 e. The SMILES string of the molecule is N#Cc1cccc(C(=O)/N=C(\Nc2ccc(Cl)cc2)N[C@H](Cn2ccnc2)C2C#CC=C(Cl)C=C2)c1. The van der Waals surface area contributed by atoms with Crippen LogP contribution in [-0.4, -0.2) is 27.5 Å². The summed E-state index contributed by atoms with van der Waals surface area (Å²) in [5.41, 5.74) is 1.35. The van der Waals surface area contributed by atoms with Crippen molar-refractivity contribution in [2.45, 2.75) is 12.6 Å². The Morgan fingerprint density at radius 3 is 2.83 bits per heavy atom. The molecule has 1 aliphatic rings. The van der Waals surface area contributed by atoms with Crippen molar-refractivity contribution in [3.05, 3.63) is 107 Å². The topological polar surface area (TPSA) is 95.1 Å². The third-order valence-corrected chi connectivity index (χ3v) is 5.69. The minimum Gasteiger partial charge on any atom is -0.350 e. The number of nitrogens with one attached hydrogen (secondary N) is 2. The quantitative estimate of drug-likeness (QED) is 0.274. The van der Waals surface area contributed by atoms with Gasteiger partial charge in [0.05, 0.1) is 29.9 Å². The number of rotatable bonds is 6. The normalized spacial score (nSPS) is 15.5. The van der Waals surface area contributed by atoms with Gasteiger partial charge >= 0.3 is 0 Å². The zero-order chi connectivity index (χ0) is 25.3. The number of hydrogen-bond acceptors (Lipinski definition) is 3. The highest BCUT2D eigenvalue weighted by atomic mass is 35.5. The Kier molecular flexibility index (Phi) is 8.20. The molecule has 1 heterocycles. The zero-order valence-corrected chi connectivity index (χ0v) is 20.4. The molecule has 178 valence electrons. The maximum atomic E-state index is 13.1. The summed E-state index contributed by atoms with van der Waals surface area (Å²) in [7, 11) is 0. The summed E-state index contributed by atoms with van der Waals surface area (Å²) < 4.78 is 1.91. The number of benzene rings is 2. The molecule has 3 aromatic rings. The van der Waals surface area contributed by atoms with Gasteiger partial charge in [0.25, 0.3) is 5.91 Å². The summed E-state index contributed by atoms with van der Waals surface area (Å²) in [6.45, 7) is 0.487. The molecule has 0 aliphatic heterocycles. The van der Waals surface area contributed by atoms with Crippen molar-refractivity contribution < 1.29 is 4.79 Å². The minimum absolute atomic E-state index is 0.216. The van der Waals surface area contributed by atoms with Crippen molar-refractivity contribution in [3.8, 4) is 17.9 Å². The van der Waals surface area contributed by atoms with Gasteiger partial charge in [-0.2, -0.15) is 10.3 Å². The van der Waals surface area contributed by atoms with Crippen LogP contribution in [0.2, 0.25) is 5.02 Å². The number of guanidine groups is 1. The molecule has 0 saturated carbocycles. The third kappa shape index (κ3) is 6.86. The monoisotopic (exact) mass is 514 g/mol. The average molecular weight is 515 g/mol. The van der Waals surface area contributed by atoms with Gasteiger partial charge in [0.2, 0.25) is 5.96 Å². The van der Waals surface area contributed by atoms with E-state index in [-0.39, 0.29) is 17.9 Å². The third-order valence-electron chi connectivity index (χ3n) is 5.20. The summed E-state index contributed by atoms with van der Waals surface area (Å²) in [5, 5.41) is 16.8. The van der Waals surface area contributed by atoms with Gasteiger partial charge in [-0.25, -0.2) is 4.98 Å². The molecule has 2 N–H and O–H groups in total. The Balaban J connectivity index is 1.68. The van der Waals surface area contributed by atoms with Gasteiger partial charge in [0.1, 0.15) is 0 Å². The molecule has 7 nitrogen and oxygen atoms in total. The number of nitriles is 1. The van der Waals surface area contributed by atoms with Gasteiger partial charge < -0.3 is 15.2 Å². The molecule has 1 amide bonds. The second kappa shape index (κ2) is 11.9. The number of nitrogens with zero attached hydrogens (tertiary/aromatic N) is 4. The van der Waals surface area contributed by atoms with Crippen LogP contribution in [0.3, 0.4) is 0 Å². The Morgan fingerprint density at radius 2 is 2.08 bits per heavy atom. The van der Waals surface area contributed by atoms with Crippen molar-refractivity contribution in [1.29, 1.82) is 5.26 Å². The molecule has 0 bridgehead atoms. The van der Waals surface area contributed by atoms with E-state index in [1.807, 2.05) is 22.9 Å². The molecular formula is C27H20Cl2N6O. The fourth-order valence-electron chi connectivity index (χ4n) is 3.43. The summed E-state index contributed by atoms with van der Waals surface area (Å²) in [5.74, 6) is 5.61. The molecule has 36 heavy (non-hydrogen) atoms. The average Bonchev–Trinajstić information content (AvgIpc) is 3.30. The fourth-order valence-corrected chi connectivity index (χ4v) is 3.69. The standard InChI is InChI=1S/C27H20Cl2N6O/c28-22-6-2-4-20(7-8-22)25(17-35-14-13-31-18-35)33-27(32-24-11-9-23(29)10-12-24)34-26(36)21-5-1-3-19(15-21)16-30/h1,3,5-15,18,20,25H,17H2,(H2,32,33,34,36)/t20?,25-/m1/s1. The number of hydrogen-bond donors (Lipinski definition) is 2. The Hall–Kier alpha value is -4.30. The first kappa shape index (κ1) is 24.8. The number of amides is 1. The molecule has 0 saturated heterocycles. The molecule has 1 aliphatic carbocycles. The first-order valence-electron chi connectivity index (χ1n) is 10.9. The van der Waals surface area contributed by atoms with E-state index in [4.69, 9.17) is 23.2 Å². The molecular weight excluding hydrogens is 495 g/mol. The predicted octanol–water partition coefficient (Wildman–Crippen LogP) is 4.99. The highest BCUT2D eigenvalue weighted by Crippen LogP contribution is 2.17. The van der Waals surface area contributed by atoms with Crippen LogP contribution in [0.5, 0.6) is 0 Å². The van der Waals surface area contributed by atoms with Crippen LogP contribution in [0.4, 0.5) is 5.69 Å². The van der Waals surface area contributed by atoms with Gasteiger partial charge in [-0.15, -0.1) is 0 Å². The number of carbonyl (C=O) groups excluding carboxylic acids is 1. The second-order valence-corrected chi connectivity index (χ2v) is 8.68. The molecule has 0 radical (unpaired) electrons. The molecule has 4 rings (SSSR count). The van der Waals surface area contributed by atoms with Crippen LogP contribution in [0.15, 0.2) is 95.5 Å². The van der Waals surface area contributed by atoms with Crippen molar-refractivity contribution in [1.82, 2.24) is 14.9 Å². The van der Waals surface area contributed by atoms with Crippen molar-refractivity contribution >= 4 is 40.8 Å². The van der Waals surface area contributed by atoms with E-state index in [0.29, 0.717) is 33.4 Å². The second-order valence-electron chi connectivity index (χ2n) is 7.80. The summed E-state index contributed by atoms with van der Waals surface area (Å²) in [6.07, 6.45) is 10.6. The van der Waals surface area contributed by atoms with Crippen LogP contribution in [0, 0.1) is 29.1 Å². The van der Waals surface area contributed by atoms with Gasteiger partial charge in [-0.3, -0.25) is 4.79 Å². The molecule has 2 atom stereocenters. The van der Waals surface area contributed by atoms with E-state index < -0.39 is 5.91 Å². The van der Waals surface area contributed by atoms with E-state index >= 15 is 0 Å². The van der Waals surface area contributed by atoms with Crippen LogP contribution in [0.1, 0.15) is 15.9 Å². The lowest BCUT2D eigenvalue weighted by Crippen LogP contribution is -2.45. The Morgan fingerprint density at radius 1 is 1.25 bits per heavy atom.